The molecular formula is C19H21Cl2N5O. The SMILES string of the molecule is Cc1nn(Cc2ccc(Cl)cc2)c(C)c1NC(=O)CCn1ncc(Cl)c1C. The van der Waals surface area contributed by atoms with E-state index < -0.39 is 0 Å². The van der Waals surface area contributed by atoms with Crippen LogP contribution in [0.5, 0.6) is 0 Å². The molecule has 1 amide bonds. The number of aryl methyl sites for hydroxylation is 2. The molecule has 0 aliphatic carbocycles. The average Bonchev–Trinajstić information content (AvgIpc) is 3.09. The maximum absolute atomic E-state index is 12.4. The molecule has 0 bridgehead atoms. The van der Waals surface area contributed by atoms with Gasteiger partial charge in [-0.15, -0.1) is 0 Å². The number of amides is 1. The van der Waals surface area contributed by atoms with Crippen LogP contribution in [0.4, 0.5) is 5.69 Å². The lowest BCUT2D eigenvalue weighted by Crippen LogP contribution is -2.16. The van der Waals surface area contributed by atoms with Gasteiger partial charge in [-0.05, 0) is 38.5 Å². The van der Waals surface area contributed by atoms with Crippen LogP contribution in [0.15, 0.2) is 30.5 Å². The third kappa shape index (κ3) is 4.51. The number of aromatic nitrogens is 4. The zero-order chi connectivity index (χ0) is 19.6. The molecule has 6 nitrogen and oxygen atoms in total. The third-order valence-corrected chi connectivity index (χ3v) is 5.11. The Morgan fingerprint density at radius 1 is 1.07 bits per heavy atom. The van der Waals surface area contributed by atoms with E-state index in [1.807, 2.05) is 49.7 Å². The number of nitrogens with one attached hydrogen (secondary N) is 1. The van der Waals surface area contributed by atoms with Crippen molar-refractivity contribution in [1.29, 1.82) is 0 Å². The van der Waals surface area contributed by atoms with Crippen molar-refractivity contribution in [3.63, 3.8) is 0 Å². The fourth-order valence-corrected chi connectivity index (χ4v) is 3.12. The molecule has 1 aromatic carbocycles. The van der Waals surface area contributed by atoms with E-state index in [4.69, 9.17) is 23.2 Å². The molecule has 0 radical (unpaired) electrons. The normalized spacial score (nSPS) is 11.0. The van der Waals surface area contributed by atoms with Gasteiger partial charge >= 0.3 is 0 Å². The van der Waals surface area contributed by atoms with Crippen molar-refractivity contribution in [2.45, 2.75) is 40.3 Å². The van der Waals surface area contributed by atoms with Gasteiger partial charge in [-0.3, -0.25) is 14.2 Å². The van der Waals surface area contributed by atoms with Gasteiger partial charge in [-0.25, -0.2) is 0 Å². The fraction of sp³-hybridized carbons (Fsp3) is 0.316. The van der Waals surface area contributed by atoms with Crippen LogP contribution in [0.25, 0.3) is 0 Å². The summed E-state index contributed by atoms with van der Waals surface area (Å²) >= 11 is 11.9. The number of carbonyl (C=O) groups is 1. The molecule has 8 heteroatoms. The fourth-order valence-electron chi connectivity index (χ4n) is 2.85. The minimum Gasteiger partial charge on any atom is -0.323 e. The first-order valence-corrected chi connectivity index (χ1v) is 9.37. The summed E-state index contributed by atoms with van der Waals surface area (Å²) < 4.78 is 3.61. The second-order valence-corrected chi connectivity index (χ2v) is 7.27. The van der Waals surface area contributed by atoms with Gasteiger partial charge in [-0.1, -0.05) is 35.3 Å². The van der Waals surface area contributed by atoms with Crippen molar-refractivity contribution in [2.24, 2.45) is 0 Å². The number of nitrogens with zero attached hydrogens (tertiary/aromatic N) is 4. The number of rotatable bonds is 6. The monoisotopic (exact) mass is 405 g/mol. The quantitative estimate of drug-likeness (QED) is 0.661. The van der Waals surface area contributed by atoms with Crippen molar-refractivity contribution < 1.29 is 4.79 Å². The number of hydrogen-bond acceptors (Lipinski definition) is 3. The van der Waals surface area contributed by atoms with E-state index in [0.29, 0.717) is 29.6 Å². The molecule has 2 aromatic heterocycles. The maximum Gasteiger partial charge on any atom is 0.226 e. The standard InChI is InChI=1S/C19H21Cl2N5O/c1-12-19(23-18(27)8-9-25-13(2)17(21)10-22-25)14(3)26(24-12)11-15-4-6-16(20)7-5-15/h4-7,10H,8-9,11H2,1-3H3,(H,23,27). The van der Waals surface area contributed by atoms with Gasteiger partial charge < -0.3 is 5.32 Å². The summed E-state index contributed by atoms with van der Waals surface area (Å²) in [5.74, 6) is -0.0849. The van der Waals surface area contributed by atoms with E-state index in [0.717, 1.165) is 28.3 Å². The number of anilines is 1. The Morgan fingerprint density at radius 2 is 1.78 bits per heavy atom. The van der Waals surface area contributed by atoms with Crippen LogP contribution in [-0.2, 0) is 17.9 Å². The average molecular weight is 406 g/mol. The van der Waals surface area contributed by atoms with E-state index >= 15 is 0 Å². The summed E-state index contributed by atoms with van der Waals surface area (Å²) in [4.78, 5) is 12.4. The smallest absolute Gasteiger partial charge is 0.226 e. The molecule has 0 fully saturated rings. The number of benzene rings is 1. The molecule has 0 aliphatic rings. The van der Waals surface area contributed by atoms with Gasteiger partial charge in [0.2, 0.25) is 5.91 Å². The summed E-state index contributed by atoms with van der Waals surface area (Å²) in [5.41, 5.74) is 4.40. The topological polar surface area (TPSA) is 64.7 Å². The van der Waals surface area contributed by atoms with Crippen LogP contribution in [0.1, 0.15) is 29.1 Å². The minimum absolute atomic E-state index is 0.0849. The van der Waals surface area contributed by atoms with E-state index in [-0.39, 0.29) is 5.91 Å². The first-order chi connectivity index (χ1) is 12.8. The molecular weight excluding hydrogens is 385 g/mol. The van der Waals surface area contributed by atoms with Crippen LogP contribution in [0.2, 0.25) is 10.0 Å². The molecule has 2 heterocycles. The molecule has 0 aliphatic heterocycles. The molecule has 142 valence electrons. The Kier molecular flexibility index (Phi) is 5.87. The van der Waals surface area contributed by atoms with Gasteiger partial charge in [0.05, 0.1) is 47.1 Å². The van der Waals surface area contributed by atoms with Gasteiger partial charge in [0.1, 0.15) is 0 Å². The van der Waals surface area contributed by atoms with Crippen molar-refractivity contribution in [1.82, 2.24) is 19.6 Å². The summed E-state index contributed by atoms with van der Waals surface area (Å²) in [6.07, 6.45) is 1.89. The zero-order valence-electron chi connectivity index (χ0n) is 15.5. The molecule has 0 atom stereocenters. The molecule has 27 heavy (non-hydrogen) atoms. The Labute approximate surface area is 168 Å². The summed E-state index contributed by atoms with van der Waals surface area (Å²) in [7, 11) is 0. The lowest BCUT2D eigenvalue weighted by molar-refractivity contribution is -0.116. The van der Waals surface area contributed by atoms with Crippen molar-refractivity contribution in [2.75, 3.05) is 5.32 Å². The highest BCUT2D eigenvalue weighted by atomic mass is 35.5. The summed E-state index contributed by atoms with van der Waals surface area (Å²) in [6.45, 7) is 6.80. The molecule has 0 saturated heterocycles. The van der Waals surface area contributed by atoms with E-state index in [2.05, 4.69) is 15.5 Å². The highest BCUT2D eigenvalue weighted by Gasteiger charge is 2.15. The highest BCUT2D eigenvalue weighted by molar-refractivity contribution is 6.31. The van der Waals surface area contributed by atoms with Gasteiger partial charge in [0, 0.05) is 11.4 Å². The van der Waals surface area contributed by atoms with Crippen molar-refractivity contribution in [3.8, 4) is 0 Å². The molecule has 3 rings (SSSR count). The third-order valence-electron chi connectivity index (χ3n) is 4.49. The molecule has 3 aromatic rings. The van der Waals surface area contributed by atoms with Crippen LogP contribution in [-0.4, -0.2) is 25.5 Å². The predicted octanol–water partition coefficient (Wildman–Crippen LogP) is 4.39. The summed E-state index contributed by atoms with van der Waals surface area (Å²) in [5, 5.41) is 13.0. The first-order valence-electron chi connectivity index (χ1n) is 8.61. The maximum atomic E-state index is 12.4. The number of carbonyl (C=O) groups excluding carboxylic acids is 1. The first kappa shape index (κ1) is 19.5. The second kappa shape index (κ2) is 8.15. The Morgan fingerprint density at radius 3 is 2.41 bits per heavy atom. The van der Waals surface area contributed by atoms with E-state index in [1.165, 1.54) is 0 Å². The van der Waals surface area contributed by atoms with Crippen molar-refractivity contribution in [3.05, 3.63) is 63.2 Å². The van der Waals surface area contributed by atoms with E-state index in [9.17, 15) is 4.79 Å². The van der Waals surface area contributed by atoms with Crippen molar-refractivity contribution >= 4 is 34.8 Å². The predicted molar refractivity (Wildman–Crippen MR) is 107 cm³/mol. The van der Waals surface area contributed by atoms with Crippen LogP contribution in [0, 0.1) is 20.8 Å². The van der Waals surface area contributed by atoms with Gasteiger partial charge in [0.25, 0.3) is 0 Å². The van der Waals surface area contributed by atoms with Crippen LogP contribution in [0.3, 0.4) is 0 Å². The molecule has 0 spiro atoms. The number of hydrogen-bond donors (Lipinski definition) is 1. The largest absolute Gasteiger partial charge is 0.323 e. The number of halogens is 2. The minimum atomic E-state index is -0.0849. The van der Waals surface area contributed by atoms with Gasteiger partial charge in [0.15, 0.2) is 0 Å². The highest BCUT2D eigenvalue weighted by Crippen LogP contribution is 2.21. The lowest BCUT2D eigenvalue weighted by atomic mass is 10.2. The zero-order valence-corrected chi connectivity index (χ0v) is 17.0. The van der Waals surface area contributed by atoms with Gasteiger partial charge in [-0.2, -0.15) is 10.2 Å². The Balaban J connectivity index is 1.66. The van der Waals surface area contributed by atoms with Crippen LogP contribution < -0.4 is 5.32 Å². The Bertz CT molecular complexity index is 959. The second-order valence-electron chi connectivity index (χ2n) is 6.43. The molecule has 1 N–H and O–H groups in total. The Hall–Kier alpha value is -2.31. The van der Waals surface area contributed by atoms with E-state index in [1.54, 1.807) is 10.9 Å². The molecule has 0 saturated carbocycles. The lowest BCUT2D eigenvalue weighted by Gasteiger charge is -2.08. The summed E-state index contributed by atoms with van der Waals surface area (Å²) in [6, 6.07) is 7.65. The molecule has 0 unspecified atom stereocenters. The van der Waals surface area contributed by atoms with Crippen LogP contribution >= 0.6 is 23.2 Å².